The molecule has 5 rings (SSSR count). The van der Waals surface area contributed by atoms with Crippen molar-refractivity contribution in [3.05, 3.63) is 97.8 Å². The van der Waals surface area contributed by atoms with Gasteiger partial charge in [-0.1, -0.05) is 35.3 Å². The summed E-state index contributed by atoms with van der Waals surface area (Å²) in [6.07, 6.45) is 1.70. The number of ether oxygens (including phenoxy) is 3. The van der Waals surface area contributed by atoms with Crippen molar-refractivity contribution in [3.63, 3.8) is 0 Å². The van der Waals surface area contributed by atoms with E-state index in [1.54, 1.807) is 60.7 Å². The maximum atomic E-state index is 13.9. The number of methoxy groups -OCH3 is 2. The summed E-state index contributed by atoms with van der Waals surface area (Å²) in [6.45, 7) is 2.36. The molecule has 1 atom stereocenters. The van der Waals surface area contributed by atoms with Crippen LogP contribution in [-0.4, -0.2) is 32.7 Å². The number of carbonyl (C=O) groups is 2. The summed E-state index contributed by atoms with van der Waals surface area (Å²) in [5.41, 5.74) is 1.71. The van der Waals surface area contributed by atoms with Gasteiger partial charge in [-0.2, -0.15) is 0 Å². The first-order valence-electron chi connectivity index (χ1n) is 12.5. The Balaban J connectivity index is 1.65. The predicted molar refractivity (Wildman–Crippen MR) is 150 cm³/mol. The van der Waals surface area contributed by atoms with Gasteiger partial charge in [-0.05, 0) is 66.6 Å². The Hall–Kier alpha value is -4.11. The van der Waals surface area contributed by atoms with Crippen LogP contribution < -0.4 is 19.8 Å². The number of halogens is 1. The highest BCUT2D eigenvalue weighted by molar-refractivity contribution is 9.10. The molecule has 9 heteroatoms. The number of benzene rings is 3. The van der Waals surface area contributed by atoms with Crippen LogP contribution in [0.15, 0.2) is 74.3 Å². The van der Waals surface area contributed by atoms with Crippen LogP contribution in [0.2, 0.25) is 0 Å². The Morgan fingerprint density at radius 2 is 1.72 bits per heavy atom. The van der Waals surface area contributed by atoms with Crippen molar-refractivity contribution >= 4 is 44.5 Å². The van der Waals surface area contributed by atoms with Gasteiger partial charge < -0.3 is 18.6 Å². The number of rotatable bonds is 8. The van der Waals surface area contributed by atoms with Crippen LogP contribution >= 0.6 is 15.9 Å². The molecule has 1 unspecified atom stereocenters. The molecule has 0 radical (unpaired) electrons. The maximum absolute atomic E-state index is 13.9. The minimum Gasteiger partial charge on any atom is -0.493 e. The van der Waals surface area contributed by atoms with E-state index in [0.717, 1.165) is 12.8 Å². The van der Waals surface area contributed by atoms with Crippen molar-refractivity contribution < 1.29 is 28.2 Å². The second-order valence-electron chi connectivity index (χ2n) is 9.04. The van der Waals surface area contributed by atoms with E-state index >= 15 is 0 Å². The number of amides is 1. The lowest BCUT2D eigenvalue weighted by Gasteiger charge is -2.26. The summed E-state index contributed by atoms with van der Waals surface area (Å²) < 4.78 is 22.9. The average Bonchev–Trinajstić information content (AvgIpc) is 3.25. The molecule has 0 spiro atoms. The van der Waals surface area contributed by atoms with Gasteiger partial charge in [0.05, 0.1) is 43.4 Å². The first kappa shape index (κ1) is 26.5. The van der Waals surface area contributed by atoms with E-state index < -0.39 is 17.9 Å². The Morgan fingerprint density at radius 3 is 2.41 bits per heavy atom. The summed E-state index contributed by atoms with van der Waals surface area (Å²) in [5.74, 6) is 0.0329. The van der Waals surface area contributed by atoms with E-state index in [9.17, 15) is 14.4 Å². The third-order valence-corrected chi connectivity index (χ3v) is 7.16. The molecule has 1 aliphatic rings. The van der Waals surface area contributed by atoms with E-state index in [1.165, 1.54) is 19.1 Å². The molecule has 200 valence electrons. The third kappa shape index (κ3) is 4.78. The maximum Gasteiger partial charge on any atom is 0.338 e. The lowest BCUT2D eigenvalue weighted by atomic mass is 9.97. The molecule has 1 amide bonds. The Morgan fingerprint density at radius 1 is 0.974 bits per heavy atom. The van der Waals surface area contributed by atoms with Crippen LogP contribution in [-0.2, 0) is 4.74 Å². The number of fused-ring (bicyclic) bond motifs is 2. The van der Waals surface area contributed by atoms with Crippen LogP contribution in [0, 0.1) is 0 Å². The van der Waals surface area contributed by atoms with Gasteiger partial charge in [0, 0.05) is 10.2 Å². The summed E-state index contributed by atoms with van der Waals surface area (Å²) in [6, 6.07) is 16.1. The second-order valence-corrected chi connectivity index (χ2v) is 9.96. The fraction of sp³-hybridized carbons (Fsp3) is 0.233. The van der Waals surface area contributed by atoms with Gasteiger partial charge in [0.1, 0.15) is 5.58 Å². The predicted octanol–water partition coefficient (Wildman–Crippen LogP) is 6.28. The topological polar surface area (TPSA) is 95.3 Å². The van der Waals surface area contributed by atoms with Gasteiger partial charge in [-0.15, -0.1) is 0 Å². The van der Waals surface area contributed by atoms with Gasteiger partial charge in [-0.3, -0.25) is 14.5 Å². The summed E-state index contributed by atoms with van der Waals surface area (Å²) >= 11 is 3.41. The normalized spacial score (nSPS) is 14.4. The monoisotopic (exact) mass is 591 g/mol. The van der Waals surface area contributed by atoms with E-state index in [1.807, 2.05) is 6.92 Å². The Kier molecular flexibility index (Phi) is 7.43. The summed E-state index contributed by atoms with van der Waals surface area (Å²) in [5, 5.41) is 0.355. The van der Waals surface area contributed by atoms with Crippen LogP contribution in [0.4, 0.5) is 5.69 Å². The van der Waals surface area contributed by atoms with Gasteiger partial charge >= 0.3 is 5.97 Å². The number of unbranched alkanes of at least 4 members (excludes halogenated alkanes) is 1. The molecule has 2 heterocycles. The van der Waals surface area contributed by atoms with E-state index in [0.29, 0.717) is 50.4 Å². The number of carbonyl (C=O) groups excluding carboxylic acids is 2. The summed E-state index contributed by atoms with van der Waals surface area (Å²) in [7, 11) is 3.05. The number of esters is 1. The van der Waals surface area contributed by atoms with Gasteiger partial charge in [0.25, 0.3) is 5.91 Å². The molecule has 3 aromatic carbocycles. The molecule has 0 fully saturated rings. The fourth-order valence-electron chi connectivity index (χ4n) is 4.70. The molecule has 8 nitrogen and oxygen atoms in total. The highest BCUT2D eigenvalue weighted by Crippen LogP contribution is 2.43. The van der Waals surface area contributed by atoms with Crippen molar-refractivity contribution in [2.45, 2.75) is 25.8 Å². The zero-order valence-corrected chi connectivity index (χ0v) is 23.2. The van der Waals surface area contributed by atoms with Gasteiger partial charge in [0.15, 0.2) is 16.9 Å². The number of nitrogens with zero attached hydrogens (tertiary/aromatic N) is 1. The highest BCUT2D eigenvalue weighted by atomic mass is 79.9. The lowest BCUT2D eigenvalue weighted by Crippen LogP contribution is -2.29. The SMILES string of the molecule is CCCCOC(=O)c1ccc(N2C(=O)c3oc4ccc(Br)cc4c(=O)c3C2c2ccc(OC)c(OC)c2)cc1. The van der Waals surface area contributed by atoms with E-state index in [4.69, 9.17) is 18.6 Å². The van der Waals surface area contributed by atoms with Crippen molar-refractivity contribution in [2.75, 3.05) is 25.7 Å². The lowest BCUT2D eigenvalue weighted by molar-refractivity contribution is 0.0499. The molecule has 0 aliphatic carbocycles. The minimum atomic E-state index is -0.811. The Bertz CT molecular complexity index is 1630. The van der Waals surface area contributed by atoms with E-state index in [2.05, 4.69) is 15.9 Å². The van der Waals surface area contributed by atoms with Crippen LogP contribution in [0.25, 0.3) is 11.0 Å². The number of hydrogen-bond donors (Lipinski definition) is 0. The zero-order valence-electron chi connectivity index (χ0n) is 21.7. The average molecular weight is 592 g/mol. The quantitative estimate of drug-likeness (QED) is 0.176. The molecular formula is C30H26BrNO7. The van der Waals surface area contributed by atoms with Crippen molar-refractivity contribution in [1.29, 1.82) is 0 Å². The molecule has 1 aromatic heterocycles. The fourth-order valence-corrected chi connectivity index (χ4v) is 5.06. The first-order valence-corrected chi connectivity index (χ1v) is 13.3. The molecule has 39 heavy (non-hydrogen) atoms. The minimum absolute atomic E-state index is 0.0299. The molecule has 0 N–H and O–H groups in total. The third-order valence-electron chi connectivity index (χ3n) is 6.67. The number of hydrogen-bond acceptors (Lipinski definition) is 7. The summed E-state index contributed by atoms with van der Waals surface area (Å²) in [4.78, 5) is 41.6. The molecule has 0 saturated carbocycles. The van der Waals surface area contributed by atoms with Crippen LogP contribution in [0.1, 0.15) is 57.8 Å². The highest BCUT2D eigenvalue weighted by Gasteiger charge is 2.44. The smallest absolute Gasteiger partial charge is 0.338 e. The molecule has 1 aliphatic heterocycles. The Labute approximate surface area is 233 Å². The first-order chi connectivity index (χ1) is 18.9. The molecule has 0 bridgehead atoms. The van der Waals surface area contributed by atoms with Crippen LogP contribution in [0.5, 0.6) is 11.5 Å². The van der Waals surface area contributed by atoms with Crippen molar-refractivity contribution in [2.24, 2.45) is 0 Å². The van der Waals surface area contributed by atoms with Crippen molar-refractivity contribution in [1.82, 2.24) is 0 Å². The standard InChI is InChI=1S/C30H26BrNO7/c1-4-5-14-38-30(35)17-6-10-20(11-7-17)32-26(18-8-12-23(36-2)24(15-18)37-3)25-27(33)21-16-19(31)9-13-22(21)39-28(25)29(32)34/h6-13,15-16,26H,4-5,14H2,1-3H3. The number of anilines is 1. The van der Waals surface area contributed by atoms with Crippen molar-refractivity contribution in [3.8, 4) is 11.5 Å². The molecule has 4 aromatic rings. The second kappa shape index (κ2) is 10.9. The molecular weight excluding hydrogens is 566 g/mol. The molecule has 0 saturated heterocycles. The van der Waals surface area contributed by atoms with Gasteiger partial charge in [-0.25, -0.2) is 4.79 Å². The van der Waals surface area contributed by atoms with Crippen LogP contribution in [0.3, 0.4) is 0 Å². The zero-order chi connectivity index (χ0) is 27.7. The van der Waals surface area contributed by atoms with Gasteiger partial charge in [0.2, 0.25) is 5.76 Å². The van der Waals surface area contributed by atoms with E-state index in [-0.39, 0.29) is 16.8 Å². The largest absolute Gasteiger partial charge is 0.493 e.